The van der Waals surface area contributed by atoms with Crippen LogP contribution in [-0.2, 0) is 6.54 Å². The largest absolute Gasteiger partial charge is 0.354 e. The Hall–Kier alpha value is -2.11. The Balaban J connectivity index is 1.62. The van der Waals surface area contributed by atoms with Crippen molar-refractivity contribution in [3.05, 3.63) is 64.9 Å². The molecule has 1 aromatic carbocycles. The summed E-state index contributed by atoms with van der Waals surface area (Å²) in [5.41, 5.74) is 2.23. The van der Waals surface area contributed by atoms with Crippen LogP contribution in [0.25, 0.3) is 0 Å². The smallest absolute Gasteiger partial charge is 0.191 e. The summed E-state index contributed by atoms with van der Waals surface area (Å²) in [5.74, 6) is 0.780. The lowest BCUT2D eigenvalue weighted by molar-refractivity contribution is 0.245. The Bertz CT molecular complexity index is 713. The van der Waals surface area contributed by atoms with Crippen LogP contribution in [0.1, 0.15) is 30.1 Å². The van der Waals surface area contributed by atoms with Crippen LogP contribution < -0.4 is 10.6 Å². The van der Waals surface area contributed by atoms with Gasteiger partial charge in [0.1, 0.15) is 0 Å². The van der Waals surface area contributed by atoms with Crippen LogP contribution in [0.4, 0.5) is 0 Å². The second-order valence-electron chi connectivity index (χ2n) is 6.44. The molecule has 1 aromatic heterocycles. The normalized spacial score (nSPS) is 16.5. The minimum atomic E-state index is 0.282. The average molecular weight is 372 g/mol. The van der Waals surface area contributed by atoms with Crippen LogP contribution in [0.3, 0.4) is 0 Å². The van der Waals surface area contributed by atoms with E-state index in [0.717, 1.165) is 36.3 Å². The molecule has 1 atom stereocenters. The van der Waals surface area contributed by atoms with E-state index >= 15 is 0 Å². The van der Waals surface area contributed by atoms with E-state index in [-0.39, 0.29) is 6.04 Å². The van der Waals surface area contributed by atoms with Crippen LogP contribution >= 0.6 is 11.6 Å². The predicted molar refractivity (Wildman–Crippen MR) is 107 cm³/mol. The molecule has 2 aromatic rings. The third-order valence-electron chi connectivity index (χ3n) is 4.66. The summed E-state index contributed by atoms with van der Waals surface area (Å²) in [7, 11) is 1.79. The minimum Gasteiger partial charge on any atom is -0.354 e. The van der Waals surface area contributed by atoms with Crippen molar-refractivity contribution >= 4 is 17.6 Å². The fourth-order valence-corrected chi connectivity index (χ4v) is 3.51. The highest BCUT2D eigenvalue weighted by Crippen LogP contribution is 2.26. The maximum Gasteiger partial charge on any atom is 0.191 e. The first-order valence-electron chi connectivity index (χ1n) is 9.10. The zero-order valence-electron chi connectivity index (χ0n) is 15.2. The number of pyridine rings is 1. The summed E-state index contributed by atoms with van der Waals surface area (Å²) in [6, 6.07) is 14.4. The van der Waals surface area contributed by atoms with Gasteiger partial charge in [0.2, 0.25) is 0 Å². The number of hydrogen-bond donors (Lipinski definition) is 2. The first-order valence-corrected chi connectivity index (χ1v) is 9.48. The summed E-state index contributed by atoms with van der Waals surface area (Å²) >= 11 is 6.22. The molecule has 2 N–H and O–H groups in total. The first-order chi connectivity index (χ1) is 12.8. The number of nitrogens with one attached hydrogen (secondary N) is 2. The van der Waals surface area contributed by atoms with Crippen LogP contribution in [0, 0.1) is 0 Å². The monoisotopic (exact) mass is 371 g/mol. The number of guanidine groups is 1. The van der Waals surface area contributed by atoms with Gasteiger partial charge in [-0.15, -0.1) is 0 Å². The van der Waals surface area contributed by atoms with Gasteiger partial charge in [-0.25, -0.2) is 0 Å². The van der Waals surface area contributed by atoms with Crippen LogP contribution in [0.15, 0.2) is 53.7 Å². The van der Waals surface area contributed by atoms with Gasteiger partial charge >= 0.3 is 0 Å². The van der Waals surface area contributed by atoms with E-state index < -0.39 is 0 Å². The topological polar surface area (TPSA) is 52.6 Å². The molecule has 2 heterocycles. The maximum atomic E-state index is 6.22. The van der Waals surface area contributed by atoms with Gasteiger partial charge in [0.25, 0.3) is 0 Å². The molecular weight excluding hydrogens is 346 g/mol. The lowest BCUT2D eigenvalue weighted by atomic mass is 10.1. The molecule has 0 radical (unpaired) electrons. The van der Waals surface area contributed by atoms with Gasteiger partial charge in [0.15, 0.2) is 5.96 Å². The molecule has 26 heavy (non-hydrogen) atoms. The lowest BCUT2D eigenvalue weighted by Crippen LogP contribution is -2.42. The predicted octanol–water partition coefficient (Wildman–Crippen LogP) is 3.24. The Labute approximate surface area is 160 Å². The number of aliphatic imine (C=N–C) groups is 1. The first kappa shape index (κ1) is 18.7. The summed E-state index contributed by atoms with van der Waals surface area (Å²) in [6.07, 6.45) is 4.31. The zero-order valence-corrected chi connectivity index (χ0v) is 15.9. The number of nitrogens with zero attached hydrogens (tertiary/aromatic N) is 3. The molecule has 1 aliphatic heterocycles. The van der Waals surface area contributed by atoms with E-state index in [1.54, 1.807) is 13.2 Å². The molecule has 6 heteroatoms. The molecule has 3 rings (SSSR count). The van der Waals surface area contributed by atoms with Crippen LogP contribution in [0.2, 0.25) is 5.02 Å². The third-order valence-corrected chi connectivity index (χ3v) is 4.90. The molecule has 5 nitrogen and oxygen atoms in total. The molecule has 0 bridgehead atoms. The van der Waals surface area contributed by atoms with Crippen LogP contribution in [-0.4, -0.2) is 42.5 Å². The third kappa shape index (κ3) is 5.19. The number of likely N-dealkylation sites (tertiary alicyclic amines) is 1. The summed E-state index contributed by atoms with van der Waals surface area (Å²) in [4.78, 5) is 11.2. The number of aromatic nitrogens is 1. The highest BCUT2D eigenvalue weighted by Gasteiger charge is 2.23. The van der Waals surface area contributed by atoms with Gasteiger partial charge in [-0.3, -0.25) is 14.9 Å². The number of halogens is 1. The Morgan fingerprint density at radius 3 is 2.73 bits per heavy atom. The van der Waals surface area contributed by atoms with Crippen molar-refractivity contribution in [2.75, 3.05) is 26.7 Å². The quantitative estimate of drug-likeness (QED) is 0.604. The zero-order chi connectivity index (χ0) is 18.2. The average Bonchev–Trinajstić information content (AvgIpc) is 3.20. The van der Waals surface area contributed by atoms with E-state index in [2.05, 4.69) is 37.6 Å². The van der Waals surface area contributed by atoms with E-state index in [4.69, 9.17) is 11.6 Å². The van der Waals surface area contributed by atoms with Crippen molar-refractivity contribution in [2.24, 2.45) is 4.99 Å². The van der Waals surface area contributed by atoms with E-state index in [1.165, 1.54) is 18.4 Å². The van der Waals surface area contributed by atoms with Crippen molar-refractivity contribution in [1.82, 2.24) is 20.5 Å². The van der Waals surface area contributed by atoms with Crippen molar-refractivity contribution in [3.63, 3.8) is 0 Å². The van der Waals surface area contributed by atoms with E-state index in [9.17, 15) is 0 Å². The van der Waals surface area contributed by atoms with Gasteiger partial charge in [-0.2, -0.15) is 0 Å². The molecule has 0 amide bonds. The van der Waals surface area contributed by atoms with Gasteiger partial charge in [0.05, 0.1) is 18.3 Å². The Morgan fingerprint density at radius 2 is 2.04 bits per heavy atom. The number of rotatable bonds is 6. The molecule has 1 fully saturated rings. The molecule has 0 aliphatic carbocycles. The van der Waals surface area contributed by atoms with Gasteiger partial charge in [-0.1, -0.05) is 29.8 Å². The highest BCUT2D eigenvalue weighted by molar-refractivity contribution is 6.30. The highest BCUT2D eigenvalue weighted by atomic mass is 35.5. The van der Waals surface area contributed by atoms with Gasteiger partial charge in [0, 0.05) is 24.8 Å². The lowest BCUT2D eigenvalue weighted by Gasteiger charge is -2.29. The SMILES string of the molecule is CN=C(NCc1ccccn1)NCC(c1cccc(Cl)c1)N1CCCC1. The van der Waals surface area contributed by atoms with Crippen molar-refractivity contribution < 1.29 is 0 Å². The molecular formula is C20H26ClN5. The summed E-state index contributed by atoms with van der Waals surface area (Å²) < 4.78 is 0. The molecule has 0 spiro atoms. The second kappa shape index (κ2) is 9.55. The van der Waals surface area contributed by atoms with Crippen LogP contribution in [0.5, 0.6) is 0 Å². The number of hydrogen-bond acceptors (Lipinski definition) is 3. The molecule has 0 saturated carbocycles. The van der Waals surface area contributed by atoms with Crippen molar-refractivity contribution in [2.45, 2.75) is 25.4 Å². The van der Waals surface area contributed by atoms with E-state index in [1.807, 2.05) is 30.3 Å². The molecule has 1 unspecified atom stereocenters. The summed E-state index contributed by atoms with van der Waals surface area (Å²) in [6.45, 7) is 3.67. The Kier molecular flexibility index (Phi) is 6.86. The maximum absolute atomic E-state index is 6.22. The van der Waals surface area contributed by atoms with Crippen molar-refractivity contribution in [1.29, 1.82) is 0 Å². The van der Waals surface area contributed by atoms with E-state index in [0.29, 0.717) is 6.54 Å². The summed E-state index contributed by atoms with van der Waals surface area (Å²) in [5, 5.41) is 7.57. The molecule has 138 valence electrons. The molecule has 1 saturated heterocycles. The second-order valence-corrected chi connectivity index (χ2v) is 6.88. The standard InChI is InChI=1S/C20H26ClN5/c1-22-20(24-14-18-9-2-3-10-23-18)25-15-19(26-11-4-5-12-26)16-7-6-8-17(21)13-16/h2-3,6-10,13,19H,4-5,11-12,14-15H2,1H3,(H2,22,24,25). The van der Waals surface area contributed by atoms with Gasteiger partial charge in [-0.05, 0) is 55.8 Å². The number of benzene rings is 1. The molecule has 1 aliphatic rings. The fraction of sp³-hybridized carbons (Fsp3) is 0.400. The minimum absolute atomic E-state index is 0.282. The Morgan fingerprint density at radius 1 is 1.19 bits per heavy atom. The van der Waals surface area contributed by atoms with Crippen molar-refractivity contribution in [3.8, 4) is 0 Å². The van der Waals surface area contributed by atoms with Gasteiger partial charge < -0.3 is 10.6 Å². The fourth-order valence-electron chi connectivity index (χ4n) is 3.32.